The lowest BCUT2D eigenvalue weighted by Crippen LogP contribution is -2.11. The lowest BCUT2D eigenvalue weighted by atomic mass is 10.1. The molecular formula is C11H9Cl2NO. The number of hydrogen-bond acceptors (Lipinski definition) is 2. The second-order valence-corrected chi connectivity index (χ2v) is 3.92. The fourth-order valence-electron chi connectivity index (χ4n) is 1.38. The Morgan fingerprint density at radius 3 is 2.60 bits per heavy atom. The van der Waals surface area contributed by atoms with E-state index >= 15 is 0 Å². The second-order valence-electron chi connectivity index (χ2n) is 3.14. The summed E-state index contributed by atoms with van der Waals surface area (Å²) < 4.78 is 5.22. The Morgan fingerprint density at radius 1 is 1.13 bits per heavy atom. The van der Waals surface area contributed by atoms with Crippen molar-refractivity contribution >= 4 is 23.2 Å². The lowest BCUT2D eigenvalue weighted by molar-refractivity contribution is 0.490. The summed E-state index contributed by atoms with van der Waals surface area (Å²) in [4.78, 5) is 0. The minimum Gasteiger partial charge on any atom is -0.467 e. The number of furan rings is 1. The van der Waals surface area contributed by atoms with Gasteiger partial charge in [0.05, 0.1) is 22.4 Å². The Bertz CT molecular complexity index is 454. The Balaban J connectivity index is 2.42. The number of nitrogens with two attached hydrogens (primary N) is 1. The van der Waals surface area contributed by atoms with E-state index in [1.807, 2.05) is 18.2 Å². The molecule has 0 bridgehead atoms. The van der Waals surface area contributed by atoms with Crippen LogP contribution in [0.4, 0.5) is 0 Å². The quantitative estimate of drug-likeness (QED) is 0.873. The molecule has 0 saturated carbocycles. The number of benzene rings is 1. The van der Waals surface area contributed by atoms with Crippen molar-refractivity contribution in [2.24, 2.45) is 5.73 Å². The highest BCUT2D eigenvalue weighted by molar-refractivity contribution is 6.42. The first-order valence-electron chi connectivity index (χ1n) is 4.43. The molecule has 1 atom stereocenters. The van der Waals surface area contributed by atoms with Gasteiger partial charge in [0.1, 0.15) is 5.76 Å². The molecule has 0 fully saturated rings. The molecule has 2 rings (SSSR count). The van der Waals surface area contributed by atoms with Crippen LogP contribution in [0.15, 0.2) is 41.0 Å². The average molecular weight is 242 g/mol. The van der Waals surface area contributed by atoms with Crippen LogP contribution in [0.5, 0.6) is 0 Å². The van der Waals surface area contributed by atoms with Gasteiger partial charge in [0, 0.05) is 0 Å². The summed E-state index contributed by atoms with van der Waals surface area (Å²) in [6, 6.07) is 8.58. The molecule has 1 aromatic heterocycles. The van der Waals surface area contributed by atoms with Gasteiger partial charge in [-0.25, -0.2) is 0 Å². The molecule has 0 spiro atoms. The second kappa shape index (κ2) is 4.27. The van der Waals surface area contributed by atoms with Gasteiger partial charge in [-0.05, 0) is 23.8 Å². The van der Waals surface area contributed by atoms with Gasteiger partial charge in [-0.2, -0.15) is 0 Å². The molecule has 0 amide bonds. The lowest BCUT2D eigenvalue weighted by Gasteiger charge is -2.11. The maximum atomic E-state index is 6.05. The van der Waals surface area contributed by atoms with Gasteiger partial charge in [-0.1, -0.05) is 35.3 Å². The molecule has 1 unspecified atom stereocenters. The van der Waals surface area contributed by atoms with Crippen LogP contribution >= 0.6 is 23.2 Å². The van der Waals surface area contributed by atoms with Crippen molar-refractivity contribution in [1.29, 1.82) is 0 Å². The number of halogens is 2. The van der Waals surface area contributed by atoms with E-state index in [4.69, 9.17) is 33.4 Å². The van der Waals surface area contributed by atoms with Gasteiger partial charge in [-0.15, -0.1) is 0 Å². The molecule has 0 aliphatic heterocycles. The maximum Gasteiger partial charge on any atom is 0.125 e. The highest BCUT2D eigenvalue weighted by Crippen LogP contribution is 2.31. The summed E-state index contributed by atoms with van der Waals surface area (Å²) in [6.45, 7) is 0. The number of hydrogen-bond donors (Lipinski definition) is 1. The summed E-state index contributed by atoms with van der Waals surface area (Å²) >= 11 is 12.0. The Kier molecular flexibility index (Phi) is 3.00. The van der Waals surface area contributed by atoms with Crippen LogP contribution in [-0.2, 0) is 0 Å². The first-order valence-corrected chi connectivity index (χ1v) is 5.18. The molecule has 0 aliphatic rings. The fraction of sp³-hybridized carbons (Fsp3) is 0.0909. The Labute approximate surface area is 97.6 Å². The molecule has 0 aliphatic carbocycles. The summed E-state index contributed by atoms with van der Waals surface area (Å²) in [5.41, 5.74) is 6.76. The van der Waals surface area contributed by atoms with E-state index in [1.165, 1.54) is 0 Å². The third-order valence-electron chi connectivity index (χ3n) is 2.17. The zero-order chi connectivity index (χ0) is 10.8. The molecule has 2 aromatic rings. The smallest absolute Gasteiger partial charge is 0.125 e. The average Bonchev–Trinajstić information content (AvgIpc) is 2.74. The van der Waals surface area contributed by atoms with Gasteiger partial charge < -0.3 is 10.2 Å². The monoisotopic (exact) mass is 241 g/mol. The molecule has 2 nitrogen and oxygen atoms in total. The van der Waals surface area contributed by atoms with Gasteiger partial charge in [-0.3, -0.25) is 0 Å². The molecule has 78 valence electrons. The van der Waals surface area contributed by atoms with Gasteiger partial charge >= 0.3 is 0 Å². The SMILES string of the molecule is NC(c1ccco1)c1cccc(Cl)c1Cl. The Hall–Kier alpha value is -0.960. The molecule has 1 heterocycles. The summed E-state index contributed by atoms with van der Waals surface area (Å²) in [7, 11) is 0. The van der Waals surface area contributed by atoms with E-state index in [-0.39, 0.29) is 6.04 Å². The highest BCUT2D eigenvalue weighted by atomic mass is 35.5. The first kappa shape index (κ1) is 10.6. The van der Waals surface area contributed by atoms with E-state index in [9.17, 15) is 0 Å². The van der Waals surface area contributed by atoms with Gasteiger partial charge in [0.25, 0.3) is 0 Å². The minimum absolute atomic E-state index is 0.383. The fourth-order valence-corrected chi connectivity index (χ4v) is 1.81. The summed E-state index contributed by atoms with van der Waals surface area (Å²) in [5, 5.41) is 0.972. The van der Waals surface area contributed by atoms with Crippen molar-refractivity contribution in [3.8, 4) is 0 Å². The van der Waals surface area contributed by atoms with E-state index < -0.39 is 0 Å². The summed E-state index contributed by atoms with van der Waals surface area (Å²) in [5.74, 6) is 0.666. The van der Waals surface area contributed by atoms with Crippen LogP contribution < -0.4 is 5.73 Å². The van der Waals surface area contributed by atoms with Crippen LogP contribution in [0.1, 0.15) is 17.4 Å². The number of rotatable bonds is 2. The zero-order valence-corrected chi connectivity index (χ0v) is 9.29. The van der Waals surface area contributed by atoms with Crippen molar-refractivity contribution in [2.45, 2.75) is 6.04 Å². The predicted molar refractivity (Wildman–Crippen MR) is 61.2 cm³/mol. The third-order valence-corrected chi connectivity index (χ3v) is 3.00. The van der Waals surface area contributed by atoms with E-state index in [2.05, 4.69) is 0 Å². The van der Waals surface area contributed by atoms with E-state index in [0.717, 1.165) is 5.56 Å². The molecule has 2 N–H and O–H groups in total. The van der Waals surface area contributed by atoms with Crippen molar-refractivity contribution in [3.05, 3.63) is 58.0 Å². The standard InChI is InChI=1S/C11H9Cl2NO/c12-8-4-1-3-7(10(8)13)11(14)9-5-2-6-15-9/h1-6,11H,14H2. The van der Waals surface area contributed by atoms with Gasteiger partial charge in [0.15, 0.2) is 0 Å². The topological polar surface area (TPSA) is 39.2 Å². The zero-order valence-electron chi connectivity index (χ0n) is 7.78. The maximum absolute atomic E-state index is 6.05. The first-order chi connectivity index (χ1) is 7.20. The Morgan fingerprint density at radius 2 is 1.93 bits per heavy atom. The summed E-state index contributed by atoms with van der Waals surface area (Å²) in [6.07, 6.45) is 1.58. The van der Waals surface area contributed by atoms with Crippen molar-refractivity contribution in [2.75, 3.05) is 0 Å². The van der Waals surface area contributed by atoms with Gasteiger partial charge in [0.2, 0.25) is 0 Å². The van der Waals surface area contributed by atoms with E-state index in [1.54, 1.807) is 18.4 Å². The molecule has 15 heavy (non-hydrogen) atoms. The molecule has 4 heteroatoms. The predicted octanol–water partition coefficient (Wildman–Crippen LogP) is 3.63. The van der Waals surface area contributed by atoms with Crippen molar-refractivity contribution in [3.63, 3.8) is 0 Å². The van der Waals surface area contributed by atoms with Crippen LogP contribution in [-0.4, -0.2) is 0 Å². The van der Waals surface area contributed by atoms with Crippen LogP contribution in [0.2, 0.25) is 10.0 Å². The van der Waals surface area contributed by atoms with E-state index in [0.29, 0.717) is 15.8 Å². The molecule has 0 radical (unpaired) electrons. The van der Waals surface area contributed by atoms with Crippen molar-refractivity contribution in [1.82, 2.24) is 0 Å². The highest BCUT2D eigenvalue weighted by Gasteiger charge is 2.15. The largest absolute Gasteiger partial charge is 0.467 e. The molecule has 0 saturated heterocycles. The van der Waals surface area contributed by atoms with Crippen LogP contribution in [0, 0.1) is 0 Å². The minimum atomic E-state index is -0.383. The van der Waals surface area contributed by atoms with Crippen molar-refractivity contribution < 1.29 is 4.42 Å². The molecular weight excluding hydrogens is 233 g/mol. The van der Waals surface area contributed by atoms with Crippen LogP contribution in [0.25, 0.3) is 0 Å². The van der Waals surface area contributed by atoms with Crippen LogP contribution in [0.3, 0.4) is 0 Å². The third kappa shape index (κ3) is 2.02. The normalized spacial score (nSPS) is 12.7. The molecule has 1 aromatic carbocycles.